The van der Waals surface area contributed by atoms with E-state index in [1.807, 2.05) is 25.1 Å². The molecule has 1 aliphatic heterocycles. The number of carbonyl (C=O) groups excluding carboxylic acids is 2. The fourth-order valence-corrected chi connectivity index (χ4v) is 2.49. The lowest BCUT2D eigenvalue weighted by molar-refractivity contribution is -0.142. The second-order valence-corrected chi connectivity index (χ2v) is 6.17. The van der Waals surface area contributed by atoms with E-state index in [0.29, 0.717) is 6.42 Å². The first-order chi connectivity index (χ1) is 9.74. The number of aryl methyl sites for hydroxylation is 1. The van der Waals surface area contributed by atoms with Crippen LogP contribution in [0.2, 0.25) is 0 Å². The van der Waals surface area contributed by atoms with Gasteiger partial charge in [-0.25, -0.2) is 9.59 Å². The SMILES string of the molecule is COC(=O)C1Cc2c(C)cccc2N1C(=O)OC(C)(C)C. The Morgan fingerprint density at radius 2 is 1.95 bits per heavy atom. The average Bonchev–Trinajstić information content (AvgIpc) is 2.76. The van der Waals surface area contributed by atoms with Crippen molar-refractivity contribution in [3.05, 3.63) is 29.3 Å². The van der Waals surface area contributed by atoms with Gasteiger partial charge < -0.3 is 9.47 Å². The Hall–Kier alpha value is -2.04. The molecule has 5 heteroatoms. The van der Waals surface area contributed by atoms with E-state index in [0.717, 1.165) is 16.8 Å². The summed E-state index contributed by atoms with van der Waals surface area (Å²) in [6.45, 7) is 7.35. The highest BCUT2D eigenvalue weighted by Crippen LogP contribution is 2.35. The highest BCUT2D eigenvalue weighted by Gasteiger charge is 2.41. The van der Waals surface area contributed by atoms with E-state index in [2.05, 4.69) is 0 Å². The molecule has 0 radical (unpaired) electrons. The number of amides is 1. The Morgan fingerprint density at radius 1 is 1.29 bits per heavy atom. The van der Waals surface area contributed by atoms with Gasteiger partial charge in [0.25, 0.3) is 0 Å². The first kappa shape index (κ1) is 15.4. The van der Waals surface area contributed by atoms with Crippen LogP contribution in [-0.2, 0) is 20.7 Å². The lowest BCUT2D eigenvalue weighted by Crippen LogP contribution is -2.45. The van der Waals surface area contributed by atoms with Gasteiger partial charge in [-0.2, -0.15) is 0 Å². The van der Waals surface area contributed by atoms with Crippen molar-refractivity contribution < 1.29 is 19.1 Å². The Bertz CT molecular complexity index is 574. The summed E-state index contributed by atoms with van der Waals surface area (Å²) in [5, 5.41) is 0. The normalized spacial score (nSPS) is 17.4. The predicted molar refractivity (Wildman–Crippen MR) is 79.4 cm³/mol. The van der Waals surface area contributed by atoms with Crippen LogP contribution in [0, 0.1) is 6.92 Å². The van der Waals surface area contributed by atoms with Gasteiger partial charge in [0.15, 0.2) is 0 Å². The largest absolute Gasteiger partial charge is 0.467 e. The molecular weight excluding hydrogens is 270 g/mol. The molecule has 0 aromatic heterocycles. The summed E-state index contributed by atoms with van der Waals surface area (Å²) in [4.78, 5) is 25.9. The zero-order chi connectivity index (χ0) is 15.8. The number of rotatable bonds is 1. The van der Waals surface area contributed by atoms with Gasteiger partial charge in [0, 0.05) is 6.42 Å². The summed E-state index contributed by atoms with van der Waals surface area (Å²) < 4.78 is 10.2. The zero-order valence-electron chi connectivity index (χ0n) is 13.1. The fraction of sp³-hybridized carbons (Fsp3) is 0.500. The van der Waals surface area contributed by atoms with E-state index in [4.69, 9.17) is 9.47 Å². The number of methoxy groups -OCH3 is 1. The molecule has 1 heterocycles. The van der Waals surface area contributed by atoms with Crippen molar-refractivity contribution in [2.75, 3.05) is 12.0 Å². The molecule has 0 spiro atoms. The molecule has 1 aromatic carbocycles. The Morgan fingerprint density at radius 3 is 2.52 bits per heavy atom. The fourth-order valence-electron chi connectivity index (χ4n) is 2.49. The maximum atomic E-state index is 12.5. The molecule has 0 saturated carbocycles. The topological polar surface area (TPSA) is 55.8 Å². The summed E-state index contributed by atoms with van der Waals surface area (Å²) in [6.07, 6.45) is -0.0734. The molecule has 2 rings (SSSR count). The average molecular weight is 291 g/mol. The van der Waals surface area contributed by atoms with Gasteiger partial charge in [-0.05, 0) is 44.9 Å². The Labute approximate surface area is 124 Å². The highest BCUT2D eigenvalue weighted by molar-refractivity contribution is 5.99. The van der Waals surface area contributed by atoms with Crippen molar-refractivity contribution in [3.63, 3.8) is 0 Å². The summed E-state index contributed by atoms with van der Waals surface area (Å²) in [5.74, 6) is -0.434. The van der Waals surface area contributed by atoms with Gasteiger partial charge in [-0.3, -0.25) is 4.90 Å². The zero-order valence-corrected chi connectivity index (χ0v) is 13.1. The number of hydrogen-bond donors (Lipinski definition) is 0. The Kier molecular flexibility index (Phi) is 3.94. The van der Waals surface area contributed by atoms with Crippen molar-refractivity contribution in [3.8, 4) is 0 Å². The number of nitrogens with zero attached hydrogens (tertiary/aromatic N) is 1. The van der Waals surface area contributed by atoms with Crippen molar-refractivity contribution in [2.24, 2.45) is 0 Å². The van der Waals surface area contributed by atoms with E-state index in [9.17, 15) is 9.59 Å². The van der Waals surface area contributed by atoms with Crippen LogP contribution in [0.5, 0.6) is 0 Å². The molecule has 21 heavy (non-hydrogen) atoms. The van der Waals surface area contributed by atoms with E-state index in [1.54, 1.807) is 20.8 Å². The third-order valence-electron chi connectivity index (χ3n) is 3.42. The third kappa shape index (κ3) is 3.01. The first-order valence-corrected chi connectivity index (χ1v) is 6.93. The monoisotopic (exact) mass is 291 g/mol. The number of esters is 1. The second-order valence-electron chi connectivity index (χ2n) is 6.17. The van der Waals surface area contributed by atoms with Crippen molar-refractivity contribution in [1.82, 2.24) is 0 Å². The molecule has 0 bridgehead atoms. The van der Waals surface area contributed by atoms with Crippen molar-refractivity contribution >= 4 is 17.7 Å². The molecule has 0 saturated heterocycles. The molecule has 1 amide bonds. The number of carbonyl (C=O) groups is 2. The Balaban J connectivity index is 2.41. The minimum atomic E-state index is -0.666. The van der Waals surface area contributed by atoms with E-state index < -0.39 is 23.7 Å². The summed E-state index contributed by atoms with van der Waals surface area (Å²) in [6, 6.07) is 4.99. The molecule has 1 aliphatic rings. The standard InChI is InChI=1S/C16H21NO4/c1-10-7-6-8-12-11(10)9-13(14(18)20-5)17(12)15(19)21-16(2,3)4/h6-8,13H,9H2,1-5H3. The van der Waals surface area contributed by atoms with E-state index in [-0.39, 0.29) is 0 Å². The molecule has 1 atom stereocenters. The van der Waals surface area contributed by atoms with Crippen LogP contribution in [0.1, 0.15) is 31.9 Å². The van der Waals surface area contributed by atoms with Crippen LogP contribution in [0.4, 0.5) is 10.5 Å². The molecule has 0 N–H and O–H groups in total. The van der Waals surface area contributed by atoms with Gasteiger partial charge in [-0.15, -0.1) is 0 Å². The van der Waals surface area contributed by atoms with Gasteiger partial charge >= 0.3 is 12.1 Å². The van der Waals surface area contributed by atoms with Crippen LogP contribution < -0.4 is 4.90 Å². The van der Waals surface area contributed by atoms with Gasteiger partial charge in [-0.1, -0.05) is 12.1 Å². The van der Waals surface area contributed by atoms with Crippen LogP contribution >= 0.6 is 0 Å². The lowest BCUT2D eigenvalue weighted by Gasteiger charge is -2.27. The van der Waals surface area contributed by atoms with E-state index >= 15 is 0 Å². The maximum Gasteiger partial charge on any atom is 0.415 e. The minimum absolute atomic E-state index is 0.434. The third-order valence-corrected chi connectivity index (χ3v) is 3.42. The van der Waals surface area contributed by atoms with Crippen molar-refractivity contribution in [2.45, 2.75) is 45.8 Å². The van der Waals surface area contributed by atoms with E-state index in [1.165, 1.54) is 12.0 Å². The number of benzene rings is 1. The van der Waals surface area contributed by atoms with Gasteiger partial charge in [0.05, 0.1) is 12.8 Å². The lowest BCUT2D eigenvalue weighted by atomic mass is 10.0. The molecule has 5 nitrogen and oxygen atoms in total. The highest BCUT2D eigenvalue weighted by atomic mass is 16.6. The summed E-state index contributed by atoms with van der Waals surface area (Å²) >= 11 is 0. The summed E-state index contributed by atoms with van der Waals surface area (Å²) in [7, 11) is 1.32. The number of fused-ring (bicyclic) bond motifs is 1. The molecule has 1 aromatic rings. The van der Waals surface area contributed by atoms with Crippen LogP contribution in [-0.4, -0.2) is 30.8 Å². The molecular formula is C16H21NO4. The smallest absolute Gasteiger partial charge is 0.415 e. The molecule has 0 fully saturated rings. The molecule has 114 valence electrons. The first-order valence-electron chi connectivity index (χ1n) is 6.93. The number of hydrogen-bond acceptors (Lipinski definition) is 4. The molecule has 1 unspecified atom stereocenters. The number of ether oxygens (including phenoxy) is 2. The van der Waals surface area contributed by atoms with Gasteiger partial charge in [0.1, 0.15) is 11.6 Å². The second kappa shape index (κ2) is 5.39. The van der Waals surface area contributed by atoms with Crippen LogP contribution in [0.25, 0.3) is 0 Å². The quantitative estimate of drug-likeness (QED) is 0.747. The summed E-state index contributed by atoms with van der Waals surface area (Å²) in [5.41, 5.74) is 2.13. The van der Waals surface area contributed by atoms with Crippen LogP contribution in [0.15, 0.2) is 18.2 Å². The van der Waals surface area contributed by atoms with Crippen molar-refractivity contribution in [1.29, 1.82) is 0 Å². The molecule has 0 aliphatic carbocycles. The number of anilines is 1. The maximum absolute atomic E-state index is 12.5. The predicted octanol–water partition coefficient (Wildman–Crippen LogP) is 2.83. The van der Waals surface area contributed by atoms with Crippen LogP contribution in [0.3, 0.4) is 0 Å². The van der Waals surface area contributed by atoms with Gasteiger partial charge in [0.2, 0.25) is 0 Å². The minimum Gasteiger partial charge on any atom is -0.467 e.